The Morgan fingerprint density at radius 1 is 1.15 bits per heavy atom. The number of aromatic nitrogens is 3. The summed E-state index contributed by atoms with van der Waals surface area (Å²) in [6, 6.07) is 13.7. The average Bonchev–Trinajstić information content (AvgIpc) is 3.36. The third-order valence-electron chi connectivity index (χ3n) is 5.31. The number of hydrogen-bond donors (Lipinski definition) is 0. The molecule has 0 atom stereocenters. The van der Waals surface area contributed by atoms with E-state index in [1.165, 1.54) is 35.6 Å². The molecule has 8 nitrogen and oxygen atoms in total. The number of amides is 1. The maximum atomic E-state index is 13.6. The van der Waals surface area contributed by atoms with E-state index in [4.69, 9.17) is 9.72 Å². The summed E-state index contributed by atoms with van der Waals surface area (Å²) in [6.07, 6.45) is 1.14. The molecule has 2 heterocycles. The van der Waals surface area contributed by atoms with E-state index >= 15 is 0 Å². The molecule has 0 saturated heterocycles. The summed E-state index contributed by atoms with van der Waals surface area (Å²) in [7, 11) is -3.35. The van der Waals surface area contributed by atoms with Crippen molar-refractivity contribution in [3.8, 4) is 5.75 Å². The number of anilines is 1. The molecule has 4 rings (SSSR count). The largest absolute Gasteiger partial charge is 0.492 e. The molecule has 0 radical (unpaired) electrons. The van der Waals surface area contributed by atoms with Crippen molar-refractivity contribution >= 4 is 42.4 Å². The zero-order valence-corrected chi connectivity index (χ0v) is 21.1. The van der Waals surface area contributed by atoms with Crippen molar-refractivity contribution in [1.29, 1.82) is 0 Å². The lowest BCUT2D eigenvalue weighted by Crippen LogP contribution is -2.34. The van der Waals surface area contributed by atoms with Gasteiger partial charge < -0.3 is 4.74 Å². The molecule has 34 heavy (non-hydrogen) atoms. The highest BCUT2D eigenvalue weighted by molar-refractivity contribution is 7.90. The number of carbonyl (C=O) groups is 1. The fraction of sp³-hybridized carbons (Fsp3) is 0.292. The topological polar surface area (TPSA) is 94.4 Å². The lowest BCUT2D eigenvalue weighted by Gasteiger charge is -2.20. The number of ether oxygens (including phenoxy) is 1. The zero-order chi connectivity index (χ0) is 24.5. The average molecular weight is 499 g/mol. The molecule has 0 bridgehead atoms. The Balaban J connectivity index is 1.72. The minimum atomic E-state index is -3.35. The number of sulfone groups is 1. The van der Waals surface area contributed by atoms with Gasteiger partial charge in [-0.15, -0.1) is 0 Å². The van der Waals surface area contributed by atoms with Crippen LogP contribution in [-0.2, 0) is 16.4 Å². The number of rotatable bonds is 8. The van der Waals surface area contributed by atoms with Crippen LogP contribution in [0.15, 0.2) is 53.4 Å². The van der Waals surface area contributed by atoms with Crippen LogP contribution >= 0.6 is 11.3 Å². The van der Waals surface area contributed by atoms with Gasteiger partial charge in [-0.05, 0) is 63.2 Å². The van der Waals surface area contributed by atoms with Crippen LogP contribution in [0.5, 0.6) is 5.75 Å². The van der Waals surface area contributed by atoms with Crippen LogP contribution in [0.2, 0.25) is 0 Å². The van der Waals surface area contributed by atoms with Crippen LogP contribution in [0.3, 0.4) is 0 Å². The number of nitrogens with zero attached hydrogens (tertiary/aromatic N) is 4. The number of para-hydroxylation sites is 1. The molecule has 0 unspecified atom stereocenters. The minimum absolute atomic E-state index is 0.166. The molecule has 4 aromatic rings. The fourth-order valence-corrected chi connectivity index (χ4v) is 5.32. The SMILES string of the molecule is CCOc1cccc2sc(N(CCn3nc(C)cc3C)C(=O)c3ccc(S(C)(=O)=O)cc3)nc12. The number of thiazole rings is 1. The van der Waals surface area contributed by atoms with Gasteiger partial charge in [0.05, 0.1) is 28.4 Å². The molecule has 0 aliphatic carbocycles. The monoisotopic (exact) mass is 498 g/mol. The third kappa shape index (κ3) is 4.97. The van der Waals surface area contributed by atoms with Crippen molar-refractivity contribution in [2.24, 2.45) is 0 Å². The predicted molar refractivity (Wildman–Crippen MR) is 134 cm³/mol. The van der Waals surface area contributed by atoms with Crippen LogP contribution in [0.4, 0.5) is 5.13 Å². The standard InChI is InChI=1S/C24H26N4O4S2/c1-5-32-20-7-6-8-21-22(20)25-24(33-21)27(13-14-28-17(3)15-16(2)26-28)23(29)18-9-11-19(12-10-18)34(4,30)31/h6-12,15H,5,13-14H2,1-4H3. The zero-order valence-electron chi connectivity index (χ0n) is 19.5. The molecular formula is C24H26N4O4S2. The molecule has 0 spiro atoms. The second-order valence-electron chi connectivity index (χ2n) is 7.94. The molecule has 1 amide bonds. The summed E-state index contributed by atoms with van der Waals surface area (Å²) in [6.45, 7) is 7.16. The number of aryl methyl sites for hydroxylation is 2. The lowest BCUT2D eigenvalue weighted by molar-refractivity contribution is 0.0985. The molecule has 178 valence electrons. The van der Waals surface area contributed by atoms with Gasteiger partial charge in [0.2, 0.25) is 0 Å². The number of benzene rings is 2. The van der Waals surface area contributed by atoms with Crippen LogP contribution in [-0.4, -0.2) is 48.5 Å². The molecule has 0 aliphatic rings. The highest BCUT2D eigenvalue weighted by Crippen LogP contribution is 2.35. The highest BCUT2D eigenvalue weighted by Gasteiger charge is 2.23. The smallest absolute Gasteiger partial charge is 0.260 e. The van der Waals surface area contributed by atoms with E-state index in [0.717, 1.165) is 22.3 Å². The first-order valence-corrected chi connectivity index (χ1v) is 13.5. The van der Waals surface area contributed by atoms with Gasteiger partial charge in [-0.3, -0.25) is 14.4 Å². The summed E-state index contributed by atoms with van der Waals surface area (Å²) in [5.41, 5.74) is 3.00. The van der Waals surface area contributed by atoms with Crippen molar-refractivity contribution in [1.82, 2.24) is 14.8 Å². The molecule has 2 aromatic carbocycles. The second-order valence-corrected chi connectivity index (χ2v) is 11.0. The summed E-state index contributed by atoms with van der Waals surface area (Å²) in [4.78, 5) is 20.1. The maximum absolute atomic E-state index is 13.6. The van der Waals surface area contributed by atoms with E-state index in [-0.39, 0.29) is 10.8 Å². The van der Waals surface area contributed by atoms with Crippen molar-refractivity contribution in [3.63, 3.8) is 0 Å². The van der Waals surface area contributed by atoms with E-state index in [9.17, 15) is 13.2 Å². The van der Waals surface area contributed by atoms with E-state index in [0.29, 0.717) is 41.7 Å². The van der Waals surface area contributed by atoms with Gasteiger partial charge in [0, 0.05) is 24.1 Å². The maximum Gasteiger partial charge on any atom is 0.260 e. The van der Waals surface area contributed by atoms with Crippen molar-refractivity contribution < 1.29 is 17.9 Å². The summed E-state index contributed by atoms with van der Waals surface area (Å²) in [5, 5.41) is 5.05. The van der Waals surface area contributed by atoms with E-state index < -0.39 is 9.84 Å². The Morgan fingerprint density at radius 3 is 2.50 bits per heavy atom. The van der Waals surface area contributed by atoms with E-state index in [2.05, 4.69) is 5.10 Å². The van der Waals surface area contributed by atoms with Crippen LogP contribution in [0.25, 0.3) is 10.2 Å². The first-order chi connectivity index (χ1) is 16.2. The van der Waals surface area contributed by atoms with E-state index in [1.54, 1.807) is 4.90 Å². The van der Waals surface area contributed by atoms with Crippen LogP contribution < -0.4 is 9.64 Å². The summed E-state index contributed by atoms with van der Waals surface area (Å²) < 4.78 is 32.1. The van der Waals surface area contributed by atoms with Gasteiger partial charge in [0.15, 0.2) is 15.0 Å². The van der Waals surface area contributed by atoms with Crippen molar-refractivity contribution in [3.05, 3.63) is 65.5 Å². The van der Waals surface area contributed by atoms with Gasteiger partial charge in [-0.25, -0.2) is 13.4 Å². The lowest BCUT2D eigenvalue weighted by atomic mass is 10.2. The second kappa shape index (κ2) is 9.55. The Hall–Kier alpha value is -3.24. The van der Waals surface area contributed by atoms with Gasteiger partial charge in [-0.2, -0.15) is 5.10 Å². The van der Waals surface area contributed by atoms with Crippen molar-refractivity contribution in [2.45, 2.75) is 32.2 Å². The Bertz CT molecular complexity index is 1440. The van der Waals surface area contributed by atoms with Gasteiger partial charge in [0.25, 0.3) is 5.91 Å². The highest BCUT2D eigenvalue weighted by atomic mass is 32.2. The van der Waals surface area contributed by atoms with Gasteiger partial charge in [-0.1, -0.05) is 17.4 Å². The Kier molecular flexibility index (Phi) is 6.72. The Labute approximate surface area is 202 Å². The fourth-order valence-electron chi connectivity index (χ4n) is 3.68. The normalized spacial score (nSPS) is 11.6. The quantitative estimate of drug-likeness (QED) is 0.360. The number of fused-ring (bicyclic) bond motifs is 1. The molecule has 0 N–H and O–H groups in total. The number of hydrogen-bond acceptors (Lipinski definition) is 7. The predicted octanol–water partition coefficient (Wildman–Crippen LogP) is 4.26. The third-order valence-corrected chi connectivity index (χ3v) is 7.49. The van der Waals surface area contributed by atoms with E-state index in [1.807, 2.05) is 49.7 Å². The molecular weight excluding hydrogens is 472 g/mol. The minimum Gasteiger partial charge on any atom is -0.492 e. The number of carbonyl (C=O) groups excluding carboxylic acids is 1. The molecule has 0 saturated carbocycles. The van der Waals surface area contributed by atoms with Gasteiger partial charge >= 0.3 is 0 Å². The Morgan fingerprint density at radius 2 is 1.88 bits per heavy atom. The molecule has 0 fully saturated rings. The van der Waals surface area contributed by atoms with Crippen LogP contribution in [0, 0.1) is 13.8 Å². The molecule has 0 aliphatic heterocycles. The van der Waals surface area contributed by atoms with Crippen LogP contribution in [0.1, 0.15) is 28.7 Å². The summed E-state index contributed by atoms with van der Waals surface area (Å²) >= 11 is 1.41. The summed E-state index contributed by atoms with van der Waals surface area (Å²) in [5.74, 6) is 0.407. The first kappa shape index (κ1) is 23.9. The first-order valence-electron chi connectivity index (χ1n) is 10.8. The molecule has 2 aromatic heterocycles. The molecule has 10 heteroatoms. The van der Waals surface area contributed by atoms with Crippen molar-refractivity contribution in [2.75, 3.05) is 24.3 Å². The van der Waals surface area contributed by atoms with Gasteiger partial charge in [0.1, 0.15) is 11.3 Å².